The number of carboxylic acid groups (broad SMARTS) is 2. The number of carbonyl (C=O) groups excluding carboxylic acids is 1. The molecule has 10 heteroatoms. The van der Waals surface area contributed by atoms with E-state index in [-0.39, 0.29) is 4.91 Å². The number of amides is 1. The van der Waals surface area contributed by atoms with Crippen molar-refractivity contribution in [2.45, 2.75) is 18.5 Å². The van der Waals surface area contributed by atoms with Gasteiger partial charge in [0.2, 0.25) is 5.91 Å². The molecule has 1 amide bonds. The van der Waals surface area contributed by atoms with Crippen LogP contribution in [0.25, 0.3) is 0 Å². The number of nitrogens with two attached hydrogens (primary N) is 1. The number of aliphatic carboxylic acids is 2. The van der Waals surface area contributed by atoms with Gasteiger partial charge in [0.15, 0.2) is 5.54 Å². The Hall–Kier alpha value is -1.78. The fourth-order valence-corrected chi connectivity index (χ4v) is 3.61. The van der Waals surface area contributed by atoms with Crippen molar-refractivity contribution in [2.24, 2.45) is 23.5 Å². The summed E-state index contributed by atoms with van der Waals surface area (Å²) < 4.78 is 22.3. The molecule has 1 unspecified atom stereocenters. The average Bonchev–Trinajstić information content (AvgIpc) is 3.01. The molecule has 0 aromatic carbocycles. The zero-order valence-corrected chi connectivity index (χ0v) is 11.6. The van der Waals surface area contributed by atoms with Crippen LogP contribution in [0.1, 0.15) is 6.92 Å². The topological polar surface area (TPSA) is 170 Å². The molecule has 9 nitrogen and oxygen atoms in total. The van der Waals surface area contributed by atoms with Crippen LogP contribution in [0, 0.1) is 17.8 Å². The van der Waals surface area contributed by atoms with Gasteiger partial charge in [-0.05, 0) is 24.1 Å². The summed E-state index contributed by atoms with van der Waals surface area (Å²) in [4.78, 5) is 34.1. The number of nitrogens with one attached hydrogen (secondary N) is 1. The third-order valence-corrected chi connectivity index (χ3v) is 4.59. The van der Waals surface area contributed by atoms with Gasteiger partial charge in [0, 0.05) is 16.7 Å². The summed E-state index contributed by atoms with van der Waals surface area (Å²) in [5, 5.41) is 20.6. The minimum absolute atomic E-state index is 0.306. The van der Waals surface area contributed by atoms with E-state index in [1.807, 2.05) is 0 Å². The standard InChI is InChI=1S/C11H14N2O7S/c1-3(12)8(14)13-11(10(17)18)2-4(21(19)20)5-6(7(5)11)9(15)16/h2-3,5-7H,12H2,1H3,(H,13,14)(H,15,16)(H,17,18)(H,19,20)/p-1/t3-,5-,6+,7+,11-/m0/s1. The summed E-state index contributed by atoms with van der Waals surface area (Å²) in [6.45, 7) is 1.33. The SMILES string of the molecule is C[C@H](N)C(=O)N[C@@]1(C(=O)O)C=C(S(=O)[O-])[C@H]2[C@@H](C(=O)O)[C@@H]21. The molecule has 2 aliphatic carbocycles. The Bertz CT molecular complexity index is 587. The lowest BCUT2D eigenvalue weighted by Crippen LogP contribution is -2.58. The van der Waals surface area contributed by atoms with E-state index in [0.29, 0.717) is 0 Å². The van der Waals surface area contributed by atoms with Crippen molar-refractivity contribution in [1.29, 1.82) is 0 Å². The number of hydrogen-bond acceptors (Lipinski definition) is 6. The van der Waals surface area contributed by atoms with Gasteiger partial charge in [-0.2, -0.15) is 0 Å². The number of carbonyl (C=O) groups is 3. The first-order chi connectivity index (χ1) is 9.63. The Morgan fingerprint density at radius 3 is 2.43 bits per heavy atom. The average molecular weight is 317 g/mol. The number of hydrogen-bond donors (Lipinski definition) is 4. The van der Waals surface area contributed by atoms with Crippen molar-refractivity contribution in [3.05, 3.63) is 11.0 Å². The van der Waals surface area contributed by atoms with Gasteiger partial charge in [-0.1, -0.05) is 0 Å². The van der Waals surface area contributed by atoms with Gasteiger partial charge in [-0.25, -0.2) is 4.79 Å². The predicted molar refractivity (Wildman–Crippen MR) is 67.3 cm³/mol. The van der Waals surface area contributed by atoms with Crippen molar-refractivity contribution in [1.82, 2.24) is 5.32 Å². The Labute approximate surface area is 121 Å². The van der Waals surface area contributed by atoms with Crippen LogP contribution in [0.2, 0.25) is 0 Å². The van der Waals surface area contributed by atoms with Crippen molar-refractivity contribution < 1.29 is 33.4 Å². The molecule has 0 radical (unpaired) electrons. The number of rotatable bonds is 5. The van der Waals surface area contributed by atoms with Crippen LogP contribution in [-0.4, -0.2) is 48.4 Å². The zero-order chi connectivity index (χ0) is 16.1. The zero-order valence-electron chi connectivity index (χ0n) is 10.8. The molecule has 21 heavy (non-hydrogen) atoms. The molecule has 0 saturated heterocycles. The normalized spacial score (nSPS) is 36.1. The highest BCUT2D eigenvalue weighted by atomic mass is 32.2. The van der Waals surface area contributed by atoms with Crippen LogP contribution in [0.4, 0.5) is 0 Å². The largest absolute Gasteiger partial charge is 0.769 e. The Kier molecular flexibility index (Phi) is 3.64. The van der Waals surface area contributed by atoms with E-state index in [1.54, 1.807) is 0 Å². The third-order valence-electron chi connectivity index (χ3n) is 3.82. The van der Waals surface area contributed by atoms with Crippen molar-refractivity contribution in [3.63, 3.8) is 0 Å². The van der Waals surface area contributed by atoms with Gasteiger partial charge in [-0.15, -0.1) is 0 Å². The lowest BCUT2D eigenvalue weighted by atomic mass is 9.92. The third kappa shape index (κ3) is 2.24. The highest BCUT2D eigenvalue weighted by molar-refractivity contribution is 7.83. The van der Waals surface area contributed by atoms with Crippen LogP contribution in [-0.2, 0) is 25.5 Å². The van der Waals surface area contributed by atoms with E-state index >= 15 is 0 Å². The van der Waals surface area contributed by atoms with E-state index in [4.69, 9.17) is 10.8 Å². The maximum Gasteiger partial charge on any atom is 0.333 e. The summed E-state index contributed by atoms with van der Waals surface area (Å²) in [7, 11) is 0. The van der Waals surface area contributed by atoms with Gasteiger partial charge < -0.3 is 25.8 Å². The second-order valence-electron chi connectivity index (χ2n) is 5.15. The van der Waals surface area contributed by atoms with Crippen molar-refractivity contribution in [3.8, 4) is 0 Å². The summed E-state index contributed by atoms with van der Waals surface area (Å²) in [5.41, 5.74) is 3.30. The minimum atomic E-state index is -2.75. The second kappa shape index (κ2) is 4.90. The van der Waals surface area contributed by atoms with Crippen LogP contribution >= 0.6 is 0 Å². The van der Waals surface area contributed by atoms with Gasteiger partial charge in [0.1, 0.15) is 0 Å². The van der Waals surface area contributed by atoms with Gasteiger partial charge >= 0.3 is 11.9 Å². The molecular formula is C11H13N2O7S-. The highest BCUT2D eigenvalue weighted by Crippen LogP contribution is 2.62. The number of fused-ring (bicyclic) bond motifs is 1. The molecule has 5 N–H and O–H groups in total. The molecule has 0 aromatic heterocycles. The van der Waals surface area contributed by atoms with E-state index in [2.05, 4.69) is 5.32 Å². The predicted octanol–water partition coefficient (Wildman–Crippen LogP) is -2.00. The first-order valence-corrected chi connectivity index (χ1v) is 7.06. The molecule has 1 fully saturated rings. The highest BCUT2D eigenvalue weighted by Gasteiger charge is 2.72. The maximum atomic E-state index is 11.7. The fourth-order valence-electron chi connectivity index (χ4n) is 2.81. The summed E-state index contributed by atoms with van der Waals surface area (Å²) in [6, 6.07) is -1.02. The Morgan fingerprint density at radius 1 is 1.48 bits per heavy atom. The molecule has 0 spiro atoms. The molecule has 2 rings (SSSR count). The lowest BCUT2D eigenvalue weighted by molar-refractivity contribution is -0.147. The van der Waals surface area contributed by atoms with Crippen molar-refractivity contribution in [2.75, 3.05) is 0 Å². The lowest BCUT2D eigenvalue weighted by Gasteiger charge is -2.27. The molecule has 0 heterocycles. The first-order valence-electron chi connectivity index (χ1n) is 5.99. The molecule has 0 bridgehead atoms. The van der Waals surface area contributed by atoms with E-state index in [0.717, 1.165) is 6.08 Å². The molecule has 1 saturated carbocycles. The quantitative estimate of drug-likeness (QED) is 0.422. The Balaban J connectivity index is 2.45. The molecule has 0 aromatic rings. The molecule has 0 aliphatic heterocycles. The van der Waals surface area contributed by atoms with Crippen LogP contribution in [0.15, 0.2) is 11.0 Å². The van der Waals surface area contributed by atoms with Gasteiger partial charge in [-0.3, -0.25) is 13.8 Å². The number of allylic oxidation sites excluding steroid dienone is 1. The molecule has 2 aliphatic rings. The maximum absolute atomic E-state index is 11.7. The van der Waals surface area contributed by atoms with E-state index in [1.165, 1.54) is 6.92 Å². The summed E-state index contributed by atoms with van der Waals surface area (Å²) >= 11 is -2.75. The smallest absolute Gasteiger partial charge is 0.333 e. The van der Waals surface area contributed by atoms with Crippen LogP contribution in [0.3, 0.4) is 0 Å². The minimum Gasteiger partial charge on any atom is -0.769 e. The number of carboxylic acids is 2. The summed E-state index contributed by atoms with van der Waals surface area (Å²) in [5.74, 6) is -6.76. The van der Waals surface area contributed by atoms with Gasteiger partial charge in [0.05, 0.1) is 12.0 Å². The molecule has 6 atom stereocenters. The van der Waals surface area contributed by atoms with E-state index < -0.39 is 58.3 Å². The fraction of sp³-hybridized carbons (Fsp3) is 0.545. The summed E-state index contributed by atoms with van der Waals surface area (Å²) in [6.07, 6.45) is 0.896. The molecular weight excluding hydrogens is 304 g/mol. The Morgan fingerprint density at radius 2 is 2.05 bits per heavy atom. The van der Waals surface area contributed by atoms with Crippen molar-refractivity contribution >= 4 is 28.9 Å². The van der Waals surface area contributed by atoms with Gasteiger partial charge in [0.25, 0.3) is 0 Å². The molecule has 116 valence electrons. The monoisotopic (exact) mass is 317 g/mol. The first kappa shape index (κ1) is 15.6. The van der Waals surface area contributed by atoms with Crippen LogP contribution in [0.5, 0.6) is 0 Å². The van der Waals surface area contributed by atoms with E-state index in [9.17, 15) is 28.3 Å². The van der Waals surface area contributed by atoms with Crippen LogP contribution < -0.4 is 11.1 Å². The second-order valence-corrected chi connectivity index (χ2v) is 6.09.